The van der Waals surface area contributed by atoms with Gasteiger partial charge < -0.3 is 4.79 Å². The maximum absolute atomic E-state index is 12.2. The highest BCUT2D eigenvalue weighted by Gasteiger charge is 2.23. The summed E-state index contributed by atoms with van der Waals surface area (Å²) in [5, 5.41) is 0. The lowest BCUT2D eigenvalue weighted by Crippen LogP contribution is -2.21. The molecule has 18 heavy (non-hydrogen) atoms. The quantitative estimate of drug-likeness (QED) is 0.695. The number of Topliss-reactive ketones (excluding diaryl/α,β-unsaturated/α-hetero) is 3. The Morgan fingerprint density at radius 3 is 2.17 bits per heavy atom. The van der Waals surface area contributed by atoms with Gasteiger partial charge in [0, 0.05) is 30.7 Å². The maximum Gasteiger partial charge on any atom is 0.166 e. The van der Waals surface area contributed by atoms with Crippen LogP contribution in [0.1, 0.15) is 43.5 Å². The minimum absolute atomic E-state index is 0.0190. The molecule has 3 heteroatoms. The van der Waals surface area contributed by atoms with Gasteiger partial charge in [-0.05, 0) is 6.92 Å². The summed E-state index contributed by atoms with van der Waals surface area (Å²) in [6, 6.07) is 8.81. The van der Waals surface area contributed by atoms with Gasteiger partial charge in [0.25, 0.3) is 0 Å². The average Bonchev–Trinajstić information content (AvgIpc) is 2.37. The molecule has 0 bridgehead atoms. The lowest BCUT2D eigenvalue weighted by molar-refractivity contribution is -0.120. The summed E-state index contributed by atoms with van der Waals surface area (Å²) in [5.74, 6) is -0.677. The predicted octanol–water partition coefficient (Wildman–Crippen LogP) is 2.83. The Morgan fingerprint density at radius 1 is 1.06 bits per heavy atom. The highest BCUT2D eigenvalue weighted by Crippen LogP contribution is 2.18. The van der Waals surface area contributed by atoms with Crippen LogP contribution in [0.5, 0.6) is 0 Å². The van der Waals surface area contributed by atoms with Crippen molar-refractivity contribution in [3.05, 3.63) is 35.9 Å². The van der Waals surface area contributed by atoms with E-state index in [9.17, 15) is 14.4 Å². The van der Waals surface area contributed by atoms with E-state index >= 15 is 0 Å². The van der Waals surface area contributed by atoms with Crippen molar-refractivity contribution >= 4 is 17.3 Å². The molecule has 96 valence electrons. The zero-order valence-corrected chi connectivity index (χ0v) is 10.8. The molecule has 0 aliphatic heterocycles. The SMILES string of the molecule is CCC(=O)CC(CC(C)=O)C(=O)c1ccccc1. The molecule has 1 rings (SSSR count). The number of carbonyl (C=O) groups is 3. The van der Waals surface area contributed by atoms with Crippen LogP contribution < -0.4 is 0 Å². The minimum Gasteiger partial charge on any atom is -0.300 e. The average molecular weight is 246 g/mol. The summed E-state index contributed by atoms with van der Waals surface area (Å²) in [5.41, 5.74) is 0.563. The molecule has 0 heterocycles. The molecule has 0 fully saturated rings. The van der Waals surface area contributed by atoms with Crippen LogP contribution in [0.2, 0.25) is 0 Å². The Balaban J connectivity index is 2.85. The summed E-state index contributed by atoms with van der Waals surface area (Å²) in [6.07, 6.45) is 0.694. The maximum atomic E-state index is 12.2. The van der Waals surface area contributed by atoms with E-state index in [1.54, 1.807) is 31.2 Å². The van der Waals surface area contributed by atoms with Gasteiger partial charge in [-0.1, -0.05) is 37.3 Å². The van der Waals surface area contributed by atoms with E-state index in [4.69, 9.17) is 0 Å². The molecule has 0 aliphatic carbocycles. The molecule has 0 aliphatic rings. The Kier molecular flexibility index (Phi) is 5.43. The summed E-state index contributed by atoms with van der Waals surface area (Å²) in [4.78, 5) is 34.9. The van der Waals surface area contributed by atoms with E-state index in [2.05, 4.69) is 0 Å². The lowest BCUT2D eigenvalue weighted by atomic mass is 9.88. The van der Waals surface area contributed by atoms with Crippen LogP contribution in [-0.2, 0) is 9.59 Å². The number of ketones is 3. The first-order valence-corrected chi connectivity index (χ1v) is 6.15. The zero-order valence-electron chi connectivity index (χ0n) is 10.8. The first kappa shape index (κ1) is 14.3. The summed E-state index contributed by atoms with van der Waals surface area (Å²) < 4.78 is 0. The molecule has 3 nitrogen and oxygen atoms in total. The number of rotatable bonds is 7. The molecule has 0 N–H and O–H groups in total. The predicted molar refractivity (Wildman–Crippen MR) is 69.5 cm³/mol. The van der Waals surface area contributed by atoms with Gasteiger partial charge in [-0.3, -0.25) is 9.59 Å². The van der Waals surface area contributed by atoms with Crippen LogP contribution in [0, 0.1) is 5.92 Å². The van der Waals surface area contributed by atoms with Gasteiger partial charge in [-0.15, -0.1) is 0 Å². The molecule has 0 radical (unpaired) electrons. The Labute approximate surface area is 107 Å². The molecule has 1 aromatic rings. The van der Waals surface area contributed by atoms with Crippen molar-refractivity contribution in [1.29, 1.82) is 0 Å². The van der Waals surface area contributed by atoms with Gasteiger partial charge in [0.2, 0.25) is 0 Å². The Bertz CT molecular complexity index is 434. The molecular formula is C15H18O3. The van der Waals surface area contributed by atoms with Crippen molar-refractivity contribution in [2.24, 2.45) is 5.92 Å². The third-order valence-corrected chi connectivity index (χ3v) is 2.83. The summed E-state index contributed by atoms with van der Waals surface area (Å²) in [6.45, 7) is 3.21. The van der Waals surface area contributed by atoms with Gasteiger partial charge in [-0.25, -0.2) is 0 Å². The fourth-order valence-corrected chi connectivity index (χ4v) is 1.86. The van der Waals surface area contributed by atoms with Crippen molar-refractivity contribution in [1.82, 2.24) is 0 Å². The summed E-state index contributed by atoms with van der Waals surface area (Å²) in [7, 11) is 0. The first-order valence-electron chi connectivity index (χ1n) is 6.15. The Morgan fingerprint density at radius 2 is 1.67 bits per heavy atom. The third-order valence-electron chi connectivity index (χ3n) is 2.83. The second kappa shape index (κ2) is 6.84. The number of hydrogen-bond acceptors (Lipinski definition) is 3. The van der Waals surface area contributed by atoms with Crippen molar-refractivity contribution in [2.45, 2.75) is 33.1 Å². The van der Waals surface area contributed by atoms with Crippen molar-refractivity contribution < 1.29 is 14.4 Å². The fraction of sp³-hybridized carbons (Fsp3) is 0.400. The topological polar surface area (TPSA) is 51.2 Å². The van der Waals surface area contributed by atoms with Crippen molar-refractivity contribution in [2.75, 3.05) is 0 Å². The van der Waals surface area contributed by atoms with Gasteiger partial charge in [0.15, 0.2) is 5.78 Å². The lowest BCUT2D eigenvalue weighted by Gasteiger charge is -2.13. The van der Waals surface area contributed by atoms with Crippen LogP contribution in [0.3, 0.4) is 0 Å². The van der Waals surface area contributed by atoms with Gasteiger partial charge in [-0.2, -0.15) is 0 Å². The molecule has 0 spiro atoms. The zero-order chi connectivity index (χ0) is 13.5. The van der Waals surface area contributed by atoms with E-state index < -0.39 is 5.92 Å². The highest BCUT2D eigenvalue weighted by molar-refractivity contribution is 6.01. The van der Waals surface area contributed by atoms with E-state index in [1.165, 1.54) is 6.92 Å². The van der Waals surface area contributed by atoms with E-state index in [0.29, 0.717) is 12.0 Å². The fourth-order valence-electron chi connectivity index (χ4n) is 1.86. The Hall–Kier alpha value is -1.77. The van der Waals surface area contributed by atoms with E-state index in [0.717, 1.165) is 0 Å². The largest absolute Gasteiger partial charge is 0.300 e. The highest BCUT2D eigenvalue weighted by atomic mass is 16.1. The van der Waals surface area contributed by atoms with Gasteiger partial charge >= 0.3 is 0 Å². The smallest absolute Gasteiger partial charge is 0.166 e. The normalized spacial score (nSPS) is 11.9. The summed E-state index contributed by atoms with van der Waals surface area (Å²) >= 11 is 0. The molecule has 0 amide bonds. The number of carbonyl (C=O) groups excluding carboxylic acids is 3. The first-order chi connectivity index (χ1) is 8.54. The van der Waals surface area contributed by atoms with Crippen LogP contribution in [0.25, 0.3) is 0 Å². The van der Waals surface area contributed by atoms with Crippen molar-refractivity contribution in [3.63, 3.8) is 0 Å². The van der Waals surface area contributed by atoms with Crippen LogP contribution in [-0.4, -0.2) is 17.3 Å². The van der Waals surface area contributed by atoms with Crippen LogP contribution in [0.15, 0.2) is 30.3 Å². The second-order valence-electron chi connectivity index (χ2n) is 4.43. The van der Waals surface area contributed by atoms with Gasteiger partial charge in [0.05, 0.1) is 0 Å². The second-order valence-corrected chi connectivity index (χ2v) is 4.43. The van der Waals surface area contributed by atoms with Gasteiger partial charge in [0.1, 0.15) is 11.6 Å². The van der Waals surface area contributed by atoms with Crippen molar-refractivity contribution in [3.8, 4) is 0 Å². The standard InChI is InChI=1S/C15H18O3/c1-3-14(17)10-13(9-11(2)16)15(18)12-7-5-4-6-8-12/h4-8,13H,3,9-10H2,1-2H3. The molecule has 1 unspecified atom stereocenters. The molecule has 0 saturated carbocycles. The van der Waals surface area contributed by atoms with E-state index in [-0.39, 0.29) is 30.2 Å². The number of benzene rings is 1. The number of hydrogen-bond donors (Lipinski definition) is 0. The minimum atomic E-state index is -0.516. The molecule has 1 atom stereocenters. The van der Waals surface area contributed by atoms with Crippen LogP contribution in [0.4, 0.5) is 0 Å². The van der Waals surface area contributed by atoms with E-state index in [1.807, 2.05) is 6.07 Å². The molecule has 1 aromatic carbocycles. The molecular weight excluding hydrogens is 228 g/mol. The molecule has 0 aromatic heterocycles. The molecule has 0 saturated heterocycles. The third kappa shape index (κ3) is 4.24. The monoisotopic (exact) mass is 246 g/mol. The van der Waals surface area contributed by atoms with Crippen LogP contribution >= 0.6 is 0 Å².